The molecular formula is C42H36BrN5O4. The Hall–Kier alpha value is -5.42. The number of aryl methyl sites for hydroxylation is 1. The van der Waals surface area contributed by atoms with Crippen molar-refractivity contribution in [2.24, 2.45) is 5.92 Å². The minimum Gasteiger partial charge on any atom is -0.395 e. The Morgan fingerprint density at radius 1 is 0.904 bits per heavy atom. The van der Waals surface area contributed by atoms with Crippen molar-refractivity contribution in [1.82, 2.24) is 15.0 Å². The highest BCUT2D eigenvalue weighted by atomic mass is 79.9. The summed E-state index contributed by atoms with van der Waals surface area (Å²) in [6.45, 7) is 2.58. The van der Waals surface area contributed by atoms with E-state index in [4.69, 9.17) is 0 Å². The van der Waals surface area contributed by atoms with Gasteiger partial charge in [0.2, 0.25) is 0 Å². The maximum absolute atomic E-state index is 14.2. The second kappa shape index (κ2) is 13.6. The number of nitrogens with zero attached hydrogens (tertiary/aromatic N) is 5. The predicted octanol–water partition coefficient (Wildman–Crippen LogP) is 7.63. The van der Waals surface area contributed by atoms with Crippen LogP contribution in [0.5, 0.6) is 0 Å². The van der Waals surface area contributed by atoms with E-state index in [-0.39, 0.29) is 25.0 Å². The molecule has 0 saturated carbocycles. The molecule has 260 valence electrons. The van der Waals surface area contributed by atoms with Gasteiger partial charge in [-0.15, -0.1) is 5.10 Å². The van der Waals surface area contributed by atoms with Crippen molar-refractivity contribution in [3.8, 4) is 0 Å². The first-order valence-corrected chi connectivity index (χ1v) is 18.1. The molecule has 0 aliphatic carbocycles. The number of hydrogen-bond donors (Lipinski definition) is 2. The van der Waals surface area contributed by atoms with Crippen LogP contribution in [-0.2, 0) is 23.5 Å². The largest absolute Gasteiger partial charge is 0.395 e. The molecule has 1 aromatic heterocycles. The van der Waals surface area contributed by atoms with Gasteiger partial charge >= 0.3 is 0 Å². The summed E-state index contributed by atoms with van der Waals surface area (Å²) in [5.74, 6) is -1.24. The van der Waals surface area contributed by atoms with Crippen molar-refractivity contribution in [2.45, 2.75) is 38.0 Å². The molecule has 2 amide bonds. The van der Waals surface area contributed by atoms with E-state index in [1.807, 2.05) is 134 Å². The second-order valence-electron chi connectivity index (χ2n) is 13.4. The van der Waals surface area contributed by atoms with Crippen LogP contribution in [-0.4, -0.2) is 43.6 Å². The van der Waals surface area contributed by atoms with Crippen molar-refractivity contribution in [3.63, 3.8) is 0 Å². The van der Waals surface area contributed by atoms with Crippen LogP contribution >= 0.6 is 15.9 Å². The molecule has 52 heavy (non-hydrogen) atoms. The van der Waals surface area contributed by atoms with Crippen molar-refractivity contribution in [1.29, 1.82) is 0 Å². The molecule has 5 aromatic carbocycles. The fourth-order valence-corrected chi connectivity index (χ4v) is 7.83. The average molecular weight is 755 g/mol. The monoisotopic (exact) mass is 753 g/mol. The number of aliphatic hydroxyl groups is 2. The SMILES string of the molecule is C[C@@H](/C=C/CCn1cc(C(CO)c2ccccc2)nn1)[C@]1(O)C(=O)N(Cc2ccc(N3C(=O)c4cccc5cccc3c45)cc2)c2ccc(Br)cc21. The number of anilines is 3. The van der Waals surface area contributed by atoms with Gasteiger partial charge in [0.05, 0.1) is 41.7 Å². The Kier molecular flexibility index (Phi) is 8.82. The van der Waals surface area contributed by atoms with Crippen LogP contribution in [0.4, 0.5) is 17.1 Å². The molecule has 0 bridgehead atoms. The number of carbonyl (C=O) groups is 2. The molecule has 9 nitrogen and oxygen atoms in total. The summed E-state index contributed by atoms with van der Waals surface area (Å²) in [6, 6.07) is 34.7. The molecule has 3 atom stereocenters. The van der Waals surface area contributed by atoms with Crippen LogP contribution in [0.1, 0.15) is 52.0 Å². The van der Waals surface area contributed by atoms with E-state index < -0.39 is 17.4 Å². The van der Waals surface area contributed by atoms with Gasteiger partial charge in [-0.3, -0.25) is 19.2 Å². The third kappa shape index (κ3) is 5.73. The maximum Gasteiger partial charge on any atom is 0.264 e. The number of fused-ring (bicyclic) bond motifs is 1. The van der Waals surface area contributed by atoms with Crippen molar-refractivity contribution in [3.05, 3.63) is 160 Å². The van der Waals surface area contributed by atoms with Crippen molar-refractivity contribution < 1.29 is 19.8 Å². The first-order chi connectivity index (χ1) is 25.3. The van der Waals surface area contributed by atoms with Gasteiger partial charge in [0.25, 0.3) is 11.8 Å². The number of rotatable bonds is 11. The maximum atomic E-state index is 14.2. The van der Waals surface area contributed by atoms with E-state index in [0.29, 0.717) is 35.5 Å². The zero-order valence-corrected chi connectivity index (χ0v) is 30.0. The van der Waals surface area contributed by atoms with Crippen molar-refractivity contribution in [2.75, 3.05) is 16.4 Å². The van der Waals surface area contributed by atoms with E-state index in [2.05, 4.69) is 26.2 Å². The summed E-state index contributed by atoms with van der Waals surface area (Å²) in [6.07, 6.45) is 6.28. The molecule has 8 rings (SSSR count). The summed E-state index contributed by atoms with van der Waals surface area (Å²) in [5.41, 5.74) is 4.26. The molecule has 10 heteroatoms. The van der Waals surface area contributed by atoms with Gasteiger partial charge in [0.1, 0.15) is 0 Å². The lowest BCUT2D eigenvalue weighted by atomic mass is 9.83. The van der Waals surface area contributed by atoms with Gasteiger partial charge < -0.3 is 15.1 Å². The zero-order chi connectivity index (χ0) is 36.0. The average Bonchev–Trinajstić information content (AvgIpc) is 3.81. The predicted molar refractivity (Wildman–Crippen MR) is 204 cm³/mol. The highest BCUT2D eigenvalue weighted by Crippen LogP contribution is 2.47. The summed E-state index contributed by atoms with van der Waals surface area (Å²) in [5, 5.41) is 32.7. The highest BCUT2D eigenvalue weighted by Gasteiger charge is 2.52. The van der Waals surface area contributed by atoms with E-state index in [9.17, 15) is 19.8 Å². The molecule has 0 fully saturated rings. The molecule has 2 aliphatic heterocycles. The lowest BCUT2D eigenvalue weighted by molar-refractivity contribution is -0.139. The van der Waals surface area contributed by atoms with Crippen LogP contribution in [0.25, 0.3) is 10.8 Å². The molecule has 0 saturated heterocycles. The fourth-order valence-electron chi connectivity index (χ4n) is 7.47. The molecular weight excluding hydrogens is 718 g/mol. The molecule has 2 N–H and O–H groups in total. The fraction of sp³-hybridized carbons (Fsp3) is 0.190. The summed E-state index contributed by atoms with van der Waals surface area (Å²) >= 11 is 3.54. The van der Waals surface area contributed by atoms with Gasteiger partial charge in [0, 0.05) is 39.8 Å². The first-order valence-electron chi connectivity index (χ1n) is 17.3. The van der Waals surface area contributed by atoms with Gasteiger partial charge in [-0.1, -0.05) is 107 Å². The quantitative estimate of drug-likeness (QED) is 0.132. The van der Waals surface area contributed by atoms with Crippen LogP contribution in [0.15, 0.2) is 132 Å². The van der Waals surface area contributed by atoms with Crippen LogP contribution in [0, 0.1) is 5.92 Å². The summed E-state index contributed by atoms with van der Waals surface area (Å²) in [7, 11) is 0. The van der Waals surface area contributed by atoms with Gasteiger partial charge in [0.15, 0.2) is 5.60 Å². The number of aliphatic hydroxyl groups excluding tert-OH is 1. The standard InChI is InChI=1S/C42H36BrN5O4/c1-27(9-5-6-22-46-25-36(44-45-46)34(26-49)29-10-3-2-4-11-29)42(52)35-23-31(43)18-21-37(35)47(41(42)51)24-28-16-19-32(20-17-28)48-38-15-8-13-30-12-7-14-33(39(30)38)40(48)50/h2-5,7-21,23,25,27,34,49,52H,6,22,24,26H2,1H3/b9-5+/t27-,34?,42+/m0/s1. The van der Waals surface area contributed by atoms with Crippen molar-refractivity contribution >= 4 is 55.6 Å². The number of benzene rings is 5. The smallest absolute Gasteiger partial charge is 0.264 e. The third-order valence-corrected chi connectivity index (χ3v) is 10.7. The number of aromatic nitrogens is 3. The Labute approximate surface area is 309 Å². The van der Waals surface area contributed by atoms with E-state index in [1.165, 1.54) is 0 Å². The Bertz CT molecular complexity index is 2340. The van der Waals surface area contributed by atoms with Crippen LogP contribution < -0.4 is 9.80 Å². The van der Waals surface area contributed by atoms with Crippen LogP contribution in [0.3, 0.4) is 0 Å². The second-order valence-corrected chi connectivity index (χ2v) is 14.3. The summed E-state index contributed by atoms with van der Waals surface area (Å²) in [4.78, 5) is 31.0. The summed E-state index contributed by atoms with van der Waals surface area (Å²) < 4.78 is 2.51. The number of carbonyl (C=O) groups excluding carboxylic acids is 2. The lowest BCUT2D eigenvalue weighted by Gasteiger charge is -2.28. The molecule has 1 unspecified atom stereocenters. The van der Waals surface area contributed by atoms with E-state index >= 15 is 0 Å². The molecule has 6 aromatic rings. The molecule has 3 heterocycles. The van der Waals surface area contributed by atoms with Gasteiger partial charge in [-0.05, 0) is 65.4 Å². The van der Waals surface area contributed by atoms with Gasteiger partial charge in [-0.2, -0.15) is 0 Å². The van der Waals surface area contributed by atoms with E-state index in [1.54, 1.807) is 14.5 Å². The Balaban J connectivity index is 0.971. The number of hydrogen-bond acceptors (Lipinski definition) is 6. The minimum absolute atomic E-state index is 0.0645. The Morgan fingerprint density at radius 3 is 2.44 bits per heavy atom. The topological polar surface area (TPSA) is 112 Å². The first kappa shape index (κ1) is 33.7. The van der Waals surface area contributed by atoms with E-state index in [0.717, 1.165) is 37.7 Å². The van der Waals surface area contributed by atoms with Gasteiger partial charge in [-0.25, -0.2) is 0 Å². The normalized spacial score (nSPS) is 17.8. The highest BCUT2D eigenvalue weighted by molar-refractivity contribution is 9.10. The van der Waals surface area contributed by atoms with Crippen LogP contribution in [0.2, 0.25) is 0 Å². The molecule has 0 spiro atoms. The molecule has 0 radical (unpaired) electrons. The third-order valence-electron chi connectivity index (χ3n) is 10.2. The number of halogens is 1. The zero-order valence-electron chi connectivity index (χ0n) is 28.4. The lowest BCUT2D eigenvalue weighted by Crippen LogP contribution is -2.44. The minimum atomic E-state index is -1.77. The number of allylic oxidation sites excluding steroid dienone is 1. The Morgan fingerprint density at radius 2 is 1.67 bits per heavy atom. The number of amides is 2. The molecule has 2 aliphatic rings.